The predicted molar refractivity (Wildman–Crippen MR) is 64.0 cm³/mol. The van der Waals surface area contributed by atoms with Crippen molar-refractivity contribution in [3.63, 3.8) is 0 Å². The maximum Gasteiger partial charge on any atom is 0.185 e. The Morgan fingerprint density at radius 3 is 3.13 bits per heavy atom. The van der Waals surface area contributed by atoms with Crippen molar-refractivity contribution in [1.29, 1.82) is 0 Å². The van der Waals surface area contributed by atoms with Crippen LogP contribution in [0.2, 0.25) is 0 Å². The molecule has 0 radical (unpaired) electrons. The van der Waals surface area contributed by atoms with Gasteiger partial charge in [-0.1, -0.05) is 0 Å². The van der Waals surface area contributed by atoms with Gasteiger partial charge < -0.3 is 9.64 Å². The minimum absolute atomic E-state index is 0.0966. The highest BCUT2D eigenvalue weighted by Gasteiger charge is 2.33. The topological polar surface area (TPSA) is 25.4 Å². The first-order chi connectivity index (χ1) is 7.11. The van der Waals surface area contributed by atoms with E-state index >= 15 is 0 Å². The number of thiazole rings is 1. The second kappa shape index (κ2) is 4.28. The average molecular weight is 247 g/mol. The van der Waals surface area contributed by atoms with Crippen LogP contribution in [0, 0.1) is 0 Å². The van der Waals surface area contributed by atoms with Gasteiger partial charge in [-0.3, -0.25) is 0 Å². The molecule has 0 spiro atoms. The maximum absolute atomic E-state index is 5.87. The van der Waals surface area contributed by atoms with Crippen LogP contribution in [-0.2, 0) is 4.74 Å². The number of hydrogen-bond acceptors (Lipinski definition) is 4. The largest absolute Gasteiger partial charge is 0.367 e. The molecule has 1 aliphatic rings. The minimum atomic E-state index is -0.149. The Hall–Kier alpha value is -0.320. The maximum atomic E-state index is 5.87. The Balaban J connectivity index is 2.13. The molecule has 3 nitrogen and oxygen atoms in total. The van der Waals surface area contributed by atoms with Crippen LogP contribution >= 0.6 is 22.9 Å². The van der Waals surface area contributed by atoms with Gasteiger partial charge in [-0.15, -0.1) is 22.9 Å². The highest BCUT2D eigenvalue weighted by atomic mass is 35.5. The molecule has 1 fully saturated rings. The lowest BCUT2D eigenvalue weighted by molar-refractivity contribution is -0.0734. The van der Waals surface area contributed by atoms with Crippen molar-refractivity contribution in [3.05, 3.63) is 11.6 Å². The summed E-state index contributed by atoms with van der Waals surface area (Å²) < 4.78 is 5.85. The first kappa shape index (κ1) is 11.2. The number of anilines is 1. The molecule has 15 heavy (non-hydrogen) atoms. The normalized spacial score (nSPS) is 25.5. The molecule has 0 N–H and O–H groups in total. The zero-order chi connectivity index (χ0) is 10.9. The monoisotopic (exact) mass is 246 g/mol. The number of hydrogen-bond donors (Lipinski definition) is 0. The number of ether oxygens (including phenoxy) is 1. The highest BCUT2D eigenvalue weighted by molar-refractivity contribution is 7.13. The summed E-state index contributed by atoms with van der Waals surface area (Å²) in [5.41, 5.74) is -0.149. The molecule has 1 aliphatic heterocycles. The van der Waals surface area contributed by atoms with E-state index in [9.17, 15) is 0 Å². The van der Waals surface area contributed by atoms with E-state index < -0.39 is 0 Å². The predicted octanol–water partition coefficient (Wildman–Crippen LogP) is 2.37. The van der Waals surface area contributed by atoms with Crippen LogP contribution in [0.1, 0.15) is 13.8 Å². The lowest BCUT2D eigenvalue weighted by Crippen LogP contribution is -2.53. The Morgan fingerprint density at radius 1 is 1.73 bits per heavy atom. The van der Waals surface area contributed by atoms with E-state index in [0.29, 0.717) is 5.88 Å². The molecule has 1 unspecified atom stereocenters. The van der Waals surface area contributed by atoms with Crippen molar-refractivity contribution < 1.29 is 4.74 Å². The Labute approximate surface area is 99.0 Å². The van der Waals surface area contributed by atoms with Gasteiger partial charge in [0.25, 0.3) is 0 Å². The Morgan fingerprint density at radius 2 is 2.53 bits per heavy atom. The van der Waals surface area contributed by atoms with Crippen molar-refractivity contribution >= 4 is 28.1 Å². The lowest BCUT2D eigenvalue weighted by Gasteiger charge is -2.42. The van der Waals surface area contributed by atoms with E-state index in [-0.39, 0.29) is 11.7 Å². The smallest absolute Gasteiger partial charge is 0.185 e. The third kappa shape index (κ3) is 2.62. The number of aromatic nitrogens is 1. The fourth-order valence-corrected chi connectivity index (χ4v) is 2.71. The van der Waals surface area contributed by atoms with Crippen molar-refractivity contribution in [1.82, 2.24) is 4.98 Å². The van der Waals surface area contributed by atoms with Gasteiger partial charge in [0, 0.05) is 24.7 Å². The standard InChI is InChI=1S/C10H15ClN2OS/c1-10(2)7-13(6-8(5-11)14-10)9-12-3-4-15-9/h3-4,8H,5-7H2,1-2H3. The second-order valence-electron chi connectivity index (χ2n) is 4.35. The quantitative estimate of drug-likeness (QED) is 0.750. The van der Waals surface area contributed by atoms with Gasteiger partial charge in [-0.2, -0.15) is 0 Å². The van der Waals surface area contributed by atoms with Crippen molar-refractivity contribution in [3.8, 4) is 0 Å². The fourth-order valence-electron chi connectivity index (χ4n) is 1.89. The lowest BCUT2D eigenvalue weighted by atomic mass is 10.1. The van der Waals surface area contributed by atoms with Crippen LogP contribution in [0.25, 0.3) is 0 Å². The van der Waals surface area contributed by atoms with E-state index in [1.807, 2.05) is 11.6 Å². The zero-order valence-electron chi connectivity index (χ0n) is 8.94. The van der Waals surface area contributed by atoms with Crippen molar-refractivity contribution in [2.75, 3.05) is 23.9 Å². The summed E-state index contributed by atoms with van der Waals surface area (Å²) in [4.78, 5) is 6.57. The molecule has 0 bridgehead atoms. The molecule has 5 heteroatoms. The van der Waals surface area contributed by atoms with Crippen molar-refractivity contribution in [2.45, 2.75) is 25.6 Å². The van der Waals surface area contributed by atoms with E-state index in [0.717, 1.165) is 18.2 Å². The SMILES string of the molecule is CC1(C)CN(c2nccs2)CC(CCl)O1. The molecule has 84 valence electrons. The third-order valence-corrected chi connectivity index (χ3v) is 3.52. The van der Waals surface area contributed by atoms with Crippen LogP contribution in [-0.4, -0.2) is 35.7 Å². The first-order valence-corrected chi connectivity index (χ1v) is 6.40. The first-order valence-electron chi connectivity index (χ1n) is 4.99. The van der Waals surface area contributed by atoms with Gasteiger partial charge in [0.05, 0.1) is 17.6 Å². The highest BCUT2D eigenvalue weighted by Crippen LogP contribution is 2.27. The van der Waals surface area contributed by atoms with E-state index in [1.165, 1.54) is 0 Å². The summed E-state index contributed by atoms with van der Waals surface area (Å²) in [6, 6.07) is 0. The molecular formula is C10H15ClN2OS. The Kier molecular flexibility index (Phi) is 3.19. The van der Waals surface area contributed by atoms with Crippen LogP contribution in [0.3, 0.4) is 0 Å². The summed E-state index contributed by atoms with van der Waals surface area (Å²) in [5, 5.41) is 3.05. The minimum Gasteiger partial charge on any atom is -0.367 e. The second-order valence-corrected chi connectivity index (χ2v) is 5.53. The van der Waals surface area contributed by atoms with E-state index in [1.54, 1.807) is 11.3 Å². The summed E-state index contributed by atoms with van der Waals surface area (Å²) in [6.07, 6.45) is 1.93. The van der Waals surface area contributed by atoms with Gasteiger partial charge in [0.1, 0.15) is 0 Å². The van der Waals surface area contributed by atoms with Crippen molar-refractivity contribution in [2.24, 2.45) is 0 Å². The number of alkyl halides is 1. The molecule has 1 saturated heterocycles. The molecule has 1 aromatic heterocycles. The van der Waals surface area contributed by atoms with Gasteiger partial charge in [0.2, 0.25) is 0 Å². The third-order valence-electron chi connectivity index (χ3n) is 2.34. The molecule has 0 saturated carbocycles. The Bertz CT molecular complexity index is 315. The number of rotatable bonds is 2. The van der Waals surface area contributed by atoms with Crippen LogP contribution < -0.4 is 4.90 Å². The van der Waals surface area contributed by atoms with Crippen LogP contribution in [0.4, 0.5) is 5.13 Å². The molecule has 2 rings (SSSR count). The summed E-state index contributed by atoms with van der Waals surface area (Å²) in [6.45, 7) is 5.88. The molecule has 1 aromatic rings. The molecule has 1 atom stereocenters. The summed E-state index contributed by atoms with van der Waals surface area (Å²) in [5.74, 6) is 0.533. The van der Waals surface area contributed by atoms with Gasteiger partial charge in [0.15, 0.2) is 5.13 Å². The number of halogens is 1. The molecule has 2 heterocycles. The van der Waals surface area contributed by atoms with E-state index in [4.69, 9.17) is 16.3 Å². The average Bonchev–Trinajstić information content (AvgIpc) is 2.68. The zero-order valence-corrected chi connectivity index (χ0v) is 10.5. The molecule has 0 amide bonds. The summed E-state index contributed by atoms with van der Waals surface area (Å²) in [7, 11) is 0. The molecular weight excluding hydrogens is 232 g/mol. The van der Waals surface area contributed by atoms with E-state index in [2.05, 4.69) is 23.7 Å². The van der Waals surface area contributed by atoms with Gasteiger partial charge in [-0.05, 0) is 13.8 Å². The van der Waals surface area contributed by atoms with Crippen LogP contribution in [0.15, 0.2) is 11.6 Å². The van der Waals surface area contributed by atoms with Gasteiger partial charge in [-0.25, -0.2) is 4.98 Å². The van der Waals surface area contributed by atoms with Crippen LogP contribution in [0.5, 0.6) is 0 Å². The van der Waals surface area contributed by atoms with Gasteiger partial charge >= 0.3 is 0 Å². The summed E-state index contributed by atoms with van der Waals surface area (Å²) >= 11 is 7.52. The molecule has 0 aliphatic carbocycles. The number of nitrogens with zero attached hydrogens (tertiary/aromatic N) is 2. The fraction of sp³-hybridized carbons (Fsp3) is 0.700. The molecule has 0 aromatic carbocycles. The number of morpholine rings is 1.